The highest BCUT2D eigenvalue weighted by Gasteiger charge is 2.09. The molecule has 0 aliphatic carbocycles. The zero-order valence-electron chi connectivity index (χ0n) is 10.4. The third kappa shape index (κ3) is 3.09. The standard InChI is InChI=1S/C14H11FN4O/c15-12-5-9(7-16)4-11(6-12)14(20)19-8-10-2-1-3-18-13(10)17/h1-6H,8H2,(H2,17,18)(H,19,20). The second-order valence-electron chi connectivity index (χ2n) is 4.07. The Balaban J connectivity index is 2.11. The topological polar surface area (TPSA) is 91.8 Å². The van der Waals surface area contributed by atoms with Crippen LogP contribution in [-0.2, 0) is 6.54 Å². The van der Waals surface area contributed by atoms with Crippen molar-refractivity contribution in [3.8, 4) is 6.07 Å². The number of halogens is 1. The van der Waals surface area contributed by atoms with E-state index in [0.717, 1.165) is 12.1 Å². The highest BCUT2D eigenvalue weighted by molar-refractivity contribution is 5.94. The summed E-state index contributed by atoms with van der Waals surface area (Å²) in [6.45, 7) is 0.177. The maximum Gasteiger partial charge on any atom is 0.251 e. The van der Waals surface area contributed by atoms with Gasteiger partial charge < -0.3 is 11.1 Å². The van der Waals surface area contributed by atoms with E-state index in [0.29, 0.717) is 11.4 Å². The molecule has 5 nitrogen and oxygen atoms in total. The summed E-state index contributed by atoms with van der Waals surface area (Å²) >= 11 is 0. The molecule has 0 spiro atoms. The van der Waals surface area contributed by atoms with Crippen LogP contribution in [-0.4, -0.2) is 10.9 Å². The van der Waals surface area contributed by atoms with Crippen molar-refractivity contribution in [3.63, 3.8) is 0 Å². The number of pyridine rings is 1. The maximum absolute atomic E-state index is 13.2. The highest BCUT2D eigenvalue weighted by Crippen LogP contribution is 2.10. The van der Waals surface area contributed by atoms with E-state index in [2.05, 4.69) is 10.3 Å². The van der Waals surface area contributed by atoms with Gasteiger partial charge in [-0.25, -0.2) is 9.37 Å². The van der Waals surface area contributed by atoms with Crippen LogP contribution in [0, 0.1) is 17.1 Å². The molecule has 0 radical (unpaired) electrons. The van der Waals surface area contributed by atoms with Crippen LogP contribution in [0.4, 0.5) is 10.2 Å². The van der Waals surface area contributed by atoms with Gasteiger partial charge in [0, 0.05) is 23.9 Å². The lowest BCUT2D eigenvalue weighted by atomic mass is 10.1. The number of nitrogens with two attached hydrogens (primary N) is 1. The van der Waals surface area contributed by atoms with Gasteiger partial charge in [0.25, 0.3) is 5.91 Å². The monoisotopic (exact) mass is 270 g/mol. The zero-order valence-corrected chi connectivity index (χ0v) is 10.4. The molecule has 100 valence electrons. The number of nitrogens with zero attached hydrogens (tertiary/aromatic N) is 2. The van der Waals surface area contributed by atoms with E-state index >= 15 is 0 Å². The van der Waals surface area contributed by atoms with Crippen molar-refractivity contribution in [1.82, 2.24) is 10.3 Å². The van der Waals surface area contributed by atoms with Crippen molar-refractivity contribution in [1.29, 1.82) is 5.26 Å². The number of anilines is 1. The first kappa shape index (κ1) is 13.5. The van der Waals surface area contributed by atoms with Crippen LogP contribution in [0.25, 0.3) is 0 Å². The van der Waals surface area contributed by atoms with Gasteiger partial charge in [-0.3, -0.25) is 4.79 Å². The van der Waals surface area contributed by atoms with Crippen LogP contribution < -0.4 is 11.1 Å². The smallest absolute Gasteiger partial charge is 0.251 e. The molecule has 1 amide bonds. The molecule has 0 atom stereocenters. The van der Waals surface area contributed by atoms with Gasteiger partial charge in [-0.05, 0) is 24.3 Å². The first-order chi connectivity index (χ1) is 9.60. The Morgan fingerprint density at radius 2 is 2.25 bits per heavy atom. The minimum absolute atomic E-state index is 0.0870. The molecule has 20 heavy (non-hydrogen) atoms. The molecule has 3 N–H and O–H groups in total. The maximum atomic E-state index is 13.2. The number of nitrogen functional groups attached to an aromatic ring is 1. The summed E-state index contributed by atoms with van der Waals surface area (Å²) in [4.78, 5) is 15.8. The lowest BCUT2D eigenvalue weighted by Gasteiger charge is -2.07. The first-order valence-electron chi connectivity index (χ1n) is 5.78. The van der Waals surface area contributed by atoms with E-state index in [1.54, 1.807) is 24.4 Å². The Morgan fingerprint density at radius 1 is 1.45 bits per heavy atom. The summed E-state index contributed by atoms with van der Waals surface area (Å²) < 4.78 is 13.2. The Hall–Kier alpha value is -2.94. The molecule has 6 heteroatoms. The second kappa shape index (κ2) is 5.80. The number of benzene rings is 1. The molecule has 0 aliphatic heterocycles. The van der Waals surface area contributed by atoms with E-state index in [-0.39, 0.29) is 17.7 Å². The predicted octanol–water partition coefficient (Wildman–Crippen LogP) is 1.60. The van der Waals surface area contributed by atoms with Gasteiger partial charge in [-0.2, -0.15) is 5.26 Å². The van der Waals surface area contributed by atoms with E-state index in [9.17, 15) is 9.18 Å². The normalized spacial score (nSPS) is 9.80. The number of hydrogen-bond acceptors (Lipinski definition) is 4. The summed E-state index contributed by atoms with van der Waals surface area (Å²) in [5, 5.41) is 11.3. The molecule has 0 bridgehead atoms. The Morgan fingerprint density at radius 3 is 2.95 bits per heavy atom. The molecular formula is C14H11FN4O. The summed E-state index contributed by atoms with van der Waals surface area (Å²) in [5.74, 6) is -0.788. The Bertz CT molecular complexity index is 694. The largest absolute Gasteiger partial charge is 0.383 e. The van der Waals surface area contributed by atoms with E-state index in [1.165, 1.54) is 6.07 Å². The molecule has 1 heterocycles. The van der Waals surface area contributed by atoms with E-state index in [4.69, 9.17) is 11.0 Å². The number of nitrogens with one attached hydrogen (secondary N) is 1. The molecule has 0 aliphatic rings. The third-order valence-electron chi connectivity index (χ3n) is 2.65. The quantitative estimate of drug-likeness (QED) is 0.886. The molecule has 0 saturated heterocycles. The van der Waals surface area contributed by atoms with E-state index < -0.39 is 11.7 Å². The number of nitriles is 1. The molecule has 0 saturated carbocycles. The van der Waals surface area contributed by atoms with Gasteiger partial charge in [0.2, 0.25) is 0 Å². The van der Waals surface area contributed by atoms with Gasteiger partial charge in [0.05, 0.1) is 11.6 Å². The summed E-state index contributed by atoms with van der Waals surface area (Å²) in [7, 11) is 0. The molecule has 1 aromatic carbocycles. The minimum Gasteiger partial charge on any atom is -0.383 e. The Kier molecular flexibility index (Phi) is 3.91. The number of aromatic nitrogens is 1. The molecule has 0 fully saturated rings. The number of amides is 1. The van der Waals surface area contributed by atoms with Gasteiger partial charge in [-0.1, -0.05) is 6.07 Å². The fourth-order valence-electron chi connectivity index (χ4n) is 1.66. The van der Waals surface area contributed by atoms with Gasteiger partial charge in [0.15, 0.2) is 0 Å². The predicted molar refractivity (Wildman–Crippen MR) is 70.9 cm³/mol. The van der Waals surface area contributed by atoms with Crippen molar-refractivity contribution in [3.05, 3.63) is 59.0 Å². The molecule has 2 rings (SSSR count). The average Bonchev–Trinajstić information content (AvgIpc) is 2.45. The average molecular weight is 270 g/mol. The molecule has 0 unspecified atom stereocenters. The van der Waals surface area contributed by atoms with Crippen molar-refractivity contribution >= 4 is 11.7 Å². The molecule has 2 aromatic rings. The van der Waals surface area contributed by atoms with Crippen LogP contribution in [0.1, 0.15) is 21.5 Å². The Labute approximate surface area is 114 Å². The second-order valence-corrected chi connectivity index (χ2v) is 4.07. The van der Waals surface area contributed by atoms with Gasteiger partial charge >= 0.3 is 0 Å². The highest BCUT2D eigenvalue weighted by atomic mass is 19.1. The van der Waals surface area contributed by atoms with Crippen LogP contribution in [0.2, 0.25) is 0 Å². The first-order valence-corrected chi connectivity index (χ1v) is 5.78. The summed E-state index contributed by atoms with van der Waals surface area (Å²) in [6.07, 6.45) is 1.55. The third-order valence-corrected chi connectivity index (χ3v) is 2.65. The molecular weight excluding hydrogens is 259 g/mol. The van der Waals surface area contributed by atoms with Crippen molar-refractivity contribution < 1.29 is 9.18 Å². The van der Waals surface area contributed by atoms with Crippen molar-refractivity contribution in [2.45, 2.75) is 6.54 Å². The van der Waals surface area contributed by atoms with Crippen LogP contribution >= 0.6 is 0 Å². The summed E-state index contributed by atoms with van der Waals surface area (Å²) in [5.41, 5.74) is 6.49. The van der Waals surface area contributed by atoms with Crippen molar-refractivity contribution in [2.24, 2.45) is 0 Å². The summed E-state index contributed by atoms with van der Waals surface area (Å²) in [6, 6.07) is 8.69. The number of rotatable bonds is 3. The van der Waals surface area contributed by atoms with Gasteiger partial charge in [-0.15, -0.1) is 0 Å². The zero-order chi connectivity index (χ0) is 14.5. The number of carbonyl (C=O) groups excluding carboxylic acids is 1. The SMILES string of the molecule is N#Cc1cc(F)cc(C(=O)NCc2cccnc2N)c1. The minimum atomic E-state index is -0.630. The fourth-order valence-corrected chi connectivity index (χ4v) is 1.66. The fraction of sp³-hybridized carbons (Fsp3) is 0.0714. The number of hydrogen-bond donors (Lipinski definition) is 2. The lowest BCUT2D eigenvalue weighted by Crippen LogP contribution is -2.23. The van der Waals surface area contributed by atoms with Gasteiger partial charge in [0.1, 0.15) is 11.6 Å². The van der Waals surface area contributed by atoms with Crippen LogP contribution in [0.15, 0.2) is 36.5 Å². The van der Waals surface area contributed by atoms with Crippen LogP contribution in [0.5, 0.6) is 0 Å². The van der Waals surface area contributed by atoms with Crippen molar-refractivity contribution in [2.75, 3.05) is 5.73 Å². The molecule has 1 aromatic heterocycles. The number of carbonyl (C=O) groups is 1. The van der Waals surface area contributed by atoms with Crippen LogP contribution in [0.3, 0.4) is 0 Å². The lowest BCUT2D eigenvalue weighted by molar-refractivity contribution is 0.0950. The van der Waals surface area contributed by atoms with E-state index in [1.807, 2.05) is 0 Å².